The Balaban J connectivity index is 1.90. The van der Waals surface area contributed by atoms with Crippen molar-refractivity contribution in [2.75, 3.05) is 26.1 Å². The van der Waals surface area contributed by atoms with Crippen LogP contribution in [0.15, 0.2) is 36.5 Å². The molecule has 0 amide bonds. The molecule has 0 fully saturated rings. The van der Waals surface area contributed by atoms with Gasteiger partial charge in [-0.05, 0) is 5.56 Å². The smallest absolute Gasteiger partial charge is 0.319 e. The van der Waals surface area contributed by atoms with Gasteiger partial charge in [0.25, 0.3) is 0 Å². The first-order chi connectivity index (χ1) is 10.8. The molecule has 2 aromatic heterocycles. The molecule has 0 atom stereocenters. The van der Waals surface area contributed by atoms with Crippen molar-refractivity contribution in [3.05, 3.63) is 47.7 Å². The number of nitrogen functional groups attached to an aromatic ring is 1. The molecule has 0 spiro atoms. The van der Waals surface area contributed by atoms with E-state index in [-0.39, 0.29) is 6.01 Å². The molecule has 3 N–H and O–H groups in total. The van der Waals surface area contributed by atoms with Crippen LogP contribution >= 0.6 is 0 Å². The van der Waals surface area contributed by atoms with E-state index in [1.54, 1.807) is 7.11 Å². The van der Waals surface area contributed by atoms with Crippen LogP contribution in [0.4, 0.5) is 5.82 Å². The van der Waals surface area contributed by atoms with Crippen LogP contribution in [-0.2, 0) is 11.2 Å². The second-order valence-corrected chi connectivity index (χ2v) is 4.93. The highest BCUT2D eigenvalue weighted by molar-refractivity contribution is 5.87. The number of H-pyrrole nitrogens is 1. The average Bonchev–Trinajstić information content (AvgIpc) is 2.92. The molecule has 3 rings (SSSR count). The Morgan fingerprint density at radius 3 is 2.73 bits per heavy atom. The predicted molar refractivity (Wildman–Crippen MR) is 84.9 cm³/mol. The van der Waals surface area contributed by atoms with Gasteiger partial charge in [0, 0.05) is 25.3 Å². The van der Waals surface area contributed by atoms with Crippen molar-refractivity contribution in [1.82, 2.24) is 15.0 Å². The number of aromatic nitrogens is 3. The lowest BCUT2D eigenvalue weighted by atomic mass is 10.1. The molecule has 6 nitrogen and oxygen atoms in total. The molecular formula is C16H18N4O2. The lowest BCUT2D eigenvalue weighted by Gasteiger charge is -2.06. The Kier molecular flexibility index (Phi) is 4.20. The monoisotopic (exact) mass is 298 g/mol. The molecule has 0 aliphatic rings. The topological polar surface area (TPSA) is 86.0 Å². The van der Waals surface area contributed by atoms with Gasteiger partial charge in [-0.1, -0.05) is 30.3 Å². The molecule has 0 unspecified atom stereocenters. The van der Waals surface area contributed by atoms with Gasteiger partial charge in [-0.3, -0.25) is 0 Å². The number of nitrogens with two attached hydrogens (primary N) is 1. The Bertz CT molecular complexity index is 755. The van der Waals surface area contributed by atoms with Crippen LogP contribution in [0, 0.1) is 0 Å². The first-order valence-corrected chi connectivity index (χ1v) is 7.07. The van der Waals surface area contributed by atoms with E-state index in [1.165, 1.54) is 5.56 Å². The van der Waals surface area contributed by atoms with E-state index >= 15 is 0 Å². The largest absolute Gasteiger partial charge is 0.461 e. The Morgan fingerprint density at radius 1 is 1.14 bits per heavy atom. The number of hydrogen-bond donors (Lipinski definition) is 2. The summed E-state index contributed by atoms with van der Waals surface area (Å²) in [6, 6.07) is 10.5. The van der Waals surface area contributed by atoms with Gasteiger partial charge in [0.2, 0.25) is 0 Å². The van der Waals surface area contributed by atoms with E-state index < -0.39 is 0 Å². The van der Waals surface area contributed by atoms with E-state index in [2.05, 4.69) is 27.1 Å². The second kappa shape index (κ2) is 6.44. The fraction of sp³-hybridized carbons (Fsp3) is 0.250. The Labute approximate surface area is 128 Å². The quantitative estimate of drug-likeness (QED) is 0.681. The van der Waals surface area contributed by atoms with Gasteiger partial charge in [0.1, 0.15) is 17.6 Å². The maximum absolute atomic E-state index is 5.97. The van der Waals surface area contributed by atoms with Crippen molar-refractivity contribution in [2.45, 2.75) is 6.42 Å². The van der Waals surface area contributed by atoms with Crippen LogP contribution < -0.4 is 10.5 Å². The third-order valence-electron chi connectivity index (χ3n) is 3.37. The first-order valence-electron chi connectivity index (χ1n) is 7.07. The molecule has 1 aromatic carbocycles. The molecule has 0 aliphatic heterocycles. The number of benzene rings is 1. The summed E-state index contributed by atoms with van der Waals surface area (Å²) in [5.74, 6) is 0.386. The summed E-state index contributed by atoms with van der Waals surface area (Å²) in [7, 11) is 1.62. The van der Waals surface area contributed by atoms with Gasteiger partial charge in [-0.25, -0.2) is 0 Å². The summed E-state index contributed by atoms with van der Waals surface area (Å²) in [5.41, 5.74) is 9.78. The highest BCUT2D eigenvalue weighted by atomic mass is 16.5. The number of aromatic amines is 1. The SMILES string of the molecule is COCCOc1nc(N)c2[nH]cc(Cc3ccccc3)c2n1. The molecule has 0 aliphatic carbocycles. The number of rotatable bonds is 6. The number of nitrogens with zero attached hydrogens (tertiary/aromatic N) is 2. The molecule has 114 valence electrons. The maximum atomic E-state index is 5.97. The zero-order valence-electron chi connectivity index (χ0n) is 12.4. The lowest BCUT2D eigenvalue weighted by molar-refractivity contribution is 0.141. The molecule has 0 saturated carbocycles. The van der Waals surface area contributed by atoms with E-state index in [0.717, 1.165) is 23.0 Å². The van der Waals surface area contributed by atoms with E-state index in [9.17, 15) is 0 Å². The second-order valence-electron chi connectivity index (χ2n) is 4.93. The lowest BCUT2D eigenvalue weighted by Crippen LogP contribution is -2.08. The molecule has 0 saturated heterocycles. The number of methoxy groups -OCH3 is 1. The van der Waals surface area contributed by atoms with Crippen LogP contribution in [0.2, 0.25) is 0 Å². The van der Waals surface area contributed by atoms with Crippen LogP contribution in [-0.4, -0.2) is 35.3 Å². The fourth-order valence-corrected chi connectivity index (χ4v) is 2.29. The van der Waals surface area contributed by atoms with Gasteiger partial charge in [0.15, 0.2) is 5.82 Å². The van der Waals surface area contributed by atoms with E-state index in [0.29, 0.717) is 19.0 Å². The van der Waals surface area contributed by atoms with Crippen LogP contribution in [0.5, 0.6) is 6.01 Å². The maximum Gasteiger partial charge on any atom is 0.319 e. The third kappa shape index (κ3) is 3.01. The van der Waals surface area contributed by atoms with Gasteiger partial charge in [-0.2, -0.15) is 9.97 Å². The predicted octanol–water partition coefficient (Wildman–Crippen LogP) is 2.16. The normalized spacial score (nSPS) is 11.0. The molecule has 3 aromatic rings. The van der Waals surface area contributed by atoms with Crippen molar-refractivity contribution in [1.29, 1.82) is 0 Å². The molecule has 0 bridgehead atoms. The summed E-state index contributed by atoms with van der Waals surface area (Å²) in [5, 5.41) is 0. The van der Waals surface area contributed by atoms with E-state index in [1.807, 2.05) is 24.4 Å². The number of nitrogens with one attached hydrogen (secondary N) is 1. The van der Waals surface area contributed by atoms with Crippen LogP contribution in [0.1, 0.15) is 11.1 Å². The zero-order chi connectivity index (χ0) is 15.4. The zero-order valence-corrected chi connectivity index (χ0v) is 12.4. The number of ether oxygens (including phenoxy) is 2. The number of hydrogen-bond acceptors (Lipinski definition) is 5. The van der Waals surface area contributed by atoms with Crippen LogP contribution in [0.25, 0.3) is 11.0 Å². The van der Waals surface area contributed by atoms with Gasteiger partial charge in [-0.15, -0.1) is 0 Å². The number of anilines is 1. The van der Waals surface area contributed by atoms with Crippen molar-refractivity contribution in [3.63, 3.8) is 0 Å². The highest BCUT2D eigenvalue weighted by Crippen LogP contribution is 2.24. The van der Waals surface area contributed by atoms with Crippen molar-refractivity contribution in [3.8, 4) is 6.01 Å². The minimum Gasteiger partial charge on any atom is -0.461 e. The minimum atomic E-state index is 0.274. The molecule has 2 heterocycles. The van der Waals surface area contributed by atoms with Crippen molar-refractivity contribution >= 4 is 16.9 Å². The van der Waals surface area contributed by atoms with Gasteiger partial charge < -0.3 is 20.2 Å². The summed E-state index contributed by atoms with van der Waals surface area (Å²) in [6.45, 7) is 0.866. The van der Waals surface area contributed by atoms with Gasteiger partial charge >= 0.3 is 6.01 Å². The fourth-order valence-electron chi connectivity index (χ4n) is 2.29. The van der Waals surface area contributed by atoms with Crippen LogP contribution in [0.3, 0.4) is 0 Å². The average molecular weight is 298 g/mol. The Hall–Kier alpha value is -2.60. The van der Waals surface area contributed by atoms with Crippen molar-refractivity contribution < 1.29 is 9.47 Å². The summed E-state index contributed by atoms with van der Waals surface area (Å²) < 4.78 is 10.4. The Morgan fingerprint density at radius 2 is 1.95 bits per heavy atom. The molecule has 6 heteroatoms. The van der Waals surface area contributed by atoms with E-state index in [4.69, 9.17) is 15.2 Å². The summed E-state index contributed by atoms with van der Waals surface area (Å²) >= 11 is 0. The molecule has 22 heavy (non-hydrogen) atoms. The van der Waals surface area contributed by atoms with Crippen molar-refractivity contribution in [2.24, 2.45) is 0 Å². The standard InChI is InChI=1S/C16H18N4O2/c1-21-7-8-22-16-19-13-12(9-11-5-3-2-4-6-11)10-18-14(13)15(17)20-16/h2-6,10,18H,7-9H2,1H3,(H2,17,19,20). The molecule has 0 radical (unpaired) electrons. The third-order valence-corrected chi connectivity index (χ3v) is 3.37. The summed E-state index contributed by atoms with van der Waals surface area (Å²) in [4.78, 5) is 11.8. The summed E-state index contributed by atoms with van der Waals surface area (Å²) in [6.07, 6.45) is 2.69. The van der Waals surface area contributed by atoms with Gasteiger partial charge in [0.05, 0.1) is 6.61 Å². The number of fused-ring (bicyclic) bond motifs is 1. The highest BCUT2D eigenvalue weighted by Gasteiger charge is 2.12. The molecular weight excluding hydrogens is 280 g/mol. The minimum absolute atomic E-state index is 0.274. The first kappa shape index (κ1) is 14.3.